The number of hydrogen-bond donors (Lipinski definition) is 0. The highest BCUT2D eigenvalue weighted by atomic mass is 32.1. The van der Waals surface area contributed by atoms with Gasteiger partial charge in [0.15, 0.2) is 0 Å². The van der Waals surface area contributed by atoms with Gasteiger partial charge in [0, 0.05) is 46.7 Å². The van der Waals surface area contributed by atoms with Crippen molar-refractivity contribution < 1.29 is 0 Å². The lowest BCUT2D eigenvalue weighted by molar-refractivity contribution is 1.18. The Labute approximate surface area is 255 Å². The Hall–Kier alpha value is -4.96. The van der Waals surface area contributed by atoms with E-state index in [1.807, 2.05) is 22.7 Å². The molecule has 0 saturated heterocycles. The maximum Gasteiger partial charge on any atom is 0.0541 e. The lowest BCUT2D eigenvalue weighted by atomic mass is 9.91. The van der Waals surface area contributed by atoms with Crippen molar-refractivity contribution in [2.45, 2.75) is 0 Å². The second-order valence-electron chi connectivity index (χ2n) is 11.3. The lowest BCUT2D eigenvalue weighted by Crippen LogP contribution is -1.93. The number of benzene rings is 7. The molecule has 7 aromatic carbocycles. The van der Waals surface area contributed by atoms with Crippen LogP contribution in [-0.4, -0.2) is 4.57 Å². The smallest absolute Gasteiger partial charge is 0.0541 e. The molecule has 0 saturated carbocycles. The number of para-hydroxylation sites is 2. The molecule has 0 atom stereocenters. The molecule has 0 aliphatic heterocycles. The fraction of sp³-hybridized carbons (Fsp3) is 0. The maximum atomic E-state index is 2.42. The molecule has 3 heterocycles. The van der Waals surface area contributed by atoms with Crippen LogP contribution in [0.2, 0.25) is 0 Å². The molecule has 10 rings (SSSR count). The third-order valence-electron chi connectivity index (χ3n) is 9.03. The highest BCUT2D eigenvalue weighted by Crippen LogP contribution is 2.46. The van der Waals surface area contributed by atoms with Gasteiger partial charge in [0.25, 0.3) is 0 Å². The molecule has 0 aliphatic rings. The molecule has 3 heteroatoms. The van der Waals surface area contributed by atoms with Crippen molar-refractivity contribution in [2.24, 2.45) is 0 Å². The first-order chi connectivity index (χ1) is 21.3. The van der Waals surface area contributed by atoms with Crippen molar-refractivity contribution in [1.29, 1.82) is 0 Å². The van der Waals surface area contributed by atoms with Gasteiger partial charge in [-0.3, -0.25) is 0 Å². The second kappa shape index (κ2) is 8.78. The average Bonchev–Trinajstić information content (AvgIpc) is 3.77. The van der Waals surface area contributed by atoms with Gasteiger partial charge >= 0.3 is 0 Å². The molecule has 0 radical (unpaired) electrons. The predicted molar refractivity (Wildman–Crippen MR) is 190 cm³/mol. The number of fused-ring (bicyclic) bond motifs is 11. The zero-order valence-electron chi connectivity index (χ0n) is 23.0. The largest absolute Gasteiger partial charge is 0.309 e. The minimum Gasteiger partial charge on any atom is -0.309 e. The summed E-state index contributed by atoms with van der Waals surface area (Å²) in [5.41, 5.74) is 6.19. The minimum atomic E-state index is 1.18. The SMILES string of the molecule is c1ccc(-n2c3ccccc3c3cc(-c4cc5cc6sccc6cc5c5c4ccc4c6ccccc6sc45)ccc32)cc1. The van der Waals surface area contributed by atoms with E-state index in [0.29, 0.717) is 0 Å². The van der Waals surface area contributed by atoms with Gasteiger partial charge in [-0.25, -0.2) is 0 Å². The van der Waals surface area contributed by atoms with Gasteiger partial charge in [0.2, 0.25) is 0 Å². The molecule has 3 aromatic heterocycles. The Morgan fingerprint density at radius 1 is 0.465 bits per heavy atom. The van der Waals surface area contributed by atoms with Crippen molar-refractivity contribution in [1.82, 2.24) is 4.57 Å². The fourth-order valence-electron chi connectivity index (χ4n) is 7.11. The van der Waals surface area contributed by atoms with Crippen LogP contribution in [0.1, 0.15) is 0 Å². The molecule has 0 fully saturated rings. The summed E-state index contributed by atoms with van der Waals surface area (Å²) >= 11 is 3.74. The molecule has 0 unspecified atom stereocenters. The second-order valence-corrected chi connectivity index (χ2v) is 13.3. The molecular weight excluding hydrogens is 559 g/mol. The van der Waals surface area contributed by atoms with Crippen molar-refractivity contribution in [3.05, 3.63) is 139 Å². The van der Waals surface area contributed by atoms with E-state index in [4.69, 9.17) is 0 Å². The minimum absolute atomic E-state index is 1.18. The number of nitrogens with zero attached hydrogens (tertiary/aromatic N) is 1. The van der Waals surface area contributed by atoms with E-state index in [1.54, 1.807) is 0 Å². The van der Waals surface area contributed by atoms with E-state index >= 15 is 0 Å². The fourth-order valence-corrected chi connectivity index (χ4v) is 9.19. The van der Waals surface area contributed by atoms with Crippen LogP contribution < -0.4 is 0 Å². The number of hydrogen-bond acceptors (Lipinski definition) is 2. The van der Waals surface area contributed by atoms with Gasteiger partial charge in [-0.2, -0.15) is 0 Å². The van der Waals surface area contributed by atoms with E-state index < -0.39 is 0 Å². The zero-order valence-corrected chi connectivity index (χ0v) is 24.7. The maximum absolute atomic E-state index is 2.42. The summed E-state index contributed by atoms with van der Waals surface area (Å²) in [5.74, 6) is 0. The van der Waals surface area contributed by atoms with Gasteiger partial charge in [-0.05, 0) is 98.7 Å². The average molecular weight is 582 g/mol. The van der Waals surface area contributed by atoms with Crippen LogP contribution in [0.15, 0.2) is 139 Å². The Morgan fingerprint density at radius 3 is 2.19 bits per heavy atom. The molecule has 200 valence electrons. The summed E-state index contributed by atoms with van der Waals surface area (Å²) in [5, 5.41) is 14.1. The van der Waals surface area contributed by atoms with Crippen LogP contribution in [0.4, 0.5) is 0 Å². The third kappa shape index (κ3) is 3.32. The van der Waals surface area contributed by atoms with Crippen LogP contribution in [0.3, 0.4) is 0 Å². The Morgan fingerprint density at radius 2 is 1.26 bits per heavy atom. The van der Waals surface area contributed by atoms with E-state index in [-0.39, 0.29) is 0 Å². The van der Waals surface area contributed by atoms with Gasteiger partial charge in [-0.15, -0.1) is 22.7 Å². The molecule has 0 spiro atoms. The zero-order chi connectivity index (χ0) is 28.1. The van der Waals surface area contributed by atoms with E-state index in [1.165, 1.54) is 90.4 Å². The van der Waals surface area contributed by atoms with Gasteiger partial charge in [-0.1, -0.05) is 72.8 Å². The number of thiophene rings is 2. The van der Waals surface area contributed by atoms with Crippen molar-refractivity contribution in [2.75, 3.05) is 0 Å². The van der Waals surface area contributed by atoms with Gasteiger partial charge in [0.1, 0.15) is 0 Å². The van der Waals surface area contributed by atoms with E-state index in [0.717, 1.165) is 0 Å². The van der Waals surface area contributed by atoms with Gasteiger partial charge in [0.05, 0.1) is 11.0 Å². The first kappa shape index (κ1) is 23.6. The van der Waals surface area contributed by atoms with Gasteiger partial charge < -0.3 is 4.57 Å². The summed E-state index contributed by atoms with van der Waals surface area (Å²) in [7, 11) is 0. The Bertz CT molecular complexity index is 2720. The summed E-state index contributed by atoms with van der Waals surface area (Å²) in [4.78, 5) is 0. The topological polar surface area (TPSA) is 4.93 Å². The molecule has 0 amide bonds. The molecule has 10 aromatic rings. The quantitative estimate of drug-likeness (QED) is 0.179. The first-order valence-corrected chi connectivity index (χ1v) is 16.3. The monoisotopic (exact) mass is 581 g/mol. The van der Waals surface area contributed by atoms with Crippen molar-refractivity contribution in [3.8, 4) is 16.8 Å². The van der Waals surface area contributed by atoms with Crippen LogP contribution >= 0.6 is 22.7 Å². The van der Waals surface area contributed by atoms with Crippen molar-refractivity contribution >= 4 is 96.3 Å². The summed E-state index contributed by atoms with van der Waals surface area (Å²) in [6, 6.07) is 49.5. The van der Waals surface area contributed by atoms with Crippen LogP contribution in [0.25, 0.3) is 90.4 Å². The summed E-state index contributed by atoms with van der Waals surface area (Å²) < 4.78 is 6.45. The molecule has 43 heavy (non-hydrogen) atoms. The normalized spacial score (nSPS) is 12.2. The van der Waals surface area contributed by atoms with E-state index in [2.05, 4.69) is 143 Å². The molecular formula is C40H23NS2. The molecule has 0 N–H and O–H groups in total. The summed E-state index contributed by atoms with van der Waals surface area (Å²) in [6.45, 7) is 0. The molecule has 0 aliphatic carbocycles. The first-order valence-electron chi connectivity index (χ1n) is 14.6. The Kier molecular flexibility index (Phi) is 4.81. The predicted octanol–water partition coefficient (Wildman–Crippen LogP) is 12.3. The Balaban J connectivity index is 1.34. The third-order valence-corrected chi connectivity index (χ3v) is 11.1. The molecule has 1 nitrogen and oxygen atoms in total. The highest BCUT2D eigenvalue weighted by molar-refractivity contribution is 7.26. The lowest BCUT2D eigenvalue weighted by Gasteiger charge is -2.13. The highest BCUT2D eigenvalue weighted by Gasteiger charge is 2.18. The van der Waals surface area contributed by atoms with Crippen LogP contribution in [-0.2, 0) is 0 Å². The van der Waals surface area contributed by atoms with Crippen LogP contribution in [0, 0.1) is 0 Å². The van der Waals surface area contributed by atoms with Crippen LogP contribution in [0.5, 0.6) is 0 Å². The standard InChI is InChI=1S/C40H23NS2/c1-2-8-27(9-3-1)41-35-12-6-4-10-28(35)34-20-24(14-17-36(34)41)32-22-26-23-38-25(18-19-42-38)21-33(26)39-30(32)15-16-31-29-11-5-7-13-37(29)43-40(31)39/h1-23H. The van der Waals surface area contributed by atoms with Crippen molar-refractivity contribution in [3.63, 3.8) is 0 Å². The number of aromatic nitrogens is 1. The van der Waals surface area contributed by atoms with E-state index in [9.17, 15) is 0 Å². The number of rotatable bonds is 2. The summed E-state index contributed by atoms with van der Waals surface area (Å²) in [6.07, 6.45) is 0. The molecule has 0 bridgehead atoms.